The Labute approximate surface area is 193 Å². The molecule has 1 atom stereocenters. The van der Waals surface area contributed by atoms with Crippen LogP contribution < -0.4 is 10.3 Å². The van der Waals surface area contributed by atoms with Crippen molar-refractivity contribution in [3.8, 4) is 5.75 Å². The summed E-state index contributed by atoms with van der Waals surface area (Å²) in [4.78, 5) is 30.5. The van der Waals surface area contributed by atoms with Crippen LogP contribution in [0.4, 0.5) is 0 Å². The van der Waals surface area contributed by atoms with Crippen LogP contribution in [0, 0.1) is 0 Å². The van der Waals surface area contributed by atoms with Gasteiger partial charge in [-0.25, -0.2) is 9.99 Å². The Morgan fingerprint density at radius 3 is 2.76 bits per heavy atom. The molecule has 1 unspecified atom stereocenters. The molecule has 0 fully saturated rings. The van der Waals surface area contributed by atoms with Crippen molar-refractivity contribution in [3.63, 3.8) is 0 Å². The van der Waals surface area contributed by atoms with E-state index in [-0.39, 0.29) is 18.0 Å². The number of nitrogens with zero attached hydrogens (tertiary/aromatic N) is 4. The van der Waals surface area contributed by atoms with E-state index in [0.717, 1.165) is 17.0 Å². The highest BCUT2D eigenvalue weighted by Gasteiger charge is 2.35. The first-order chi connectivity index (χ1) is 16.0. The third-order valence-corrected chi connectivity index (χ3v) is 5.79. The van der Waals surface area contributed by atoms with Gasteiger partial charge in [0.15, 0.2) is 0 Å². The van der Waals surface area contributed by atoms with Gasteiger partial charge in [0.05, 0.1) is 36.3 Å². The second-order valence-corrected chi connectivity index (χ2v) is 8.02. The minimum Gasteiger partial charge on any atom is -0.497 e. The SMILES string of the molecule is COc1ccc(C2=NN(C(=O)Cn3cnc4ccc(Cl)cc4c3=O)C(c3ccco3)C2)cc1. The van der Waals surface area contributed by atoms with E-state index in [0.29, 0.717) is 28.1 Å². The maximum atomic E-state index is 13.3. The van der Waals surface area contributed by atoms with E-state index in [1.807, 2.05) is 30.3 Å². The van der Waals surface area contributed by atoms with Gasteiger partial charge in [0.25, 0.3) is 11.5 Å². The van der Waals surface area contributed by atoms with Gasteiger partial charge in [-0.05, 0) is 60.2 Å². The van der Waals surface area contributed by atoms with Crippen LogP contribution >= 0.6 is 11.6 Å². The Bertz CT molecular complexity index is 1410. The molecule has 0 aliphatic carbocycles. The van der Waals surface area contributed by atoms with Crippen LogP contribution in [0.25, 0.3) is 10.9 Å². The smallest absolute Gasteiger partial charge is 0.263 e. The van der Waals surface area contributed by atoms with E-state index in [2.05, 4.69) is 10.1 Å². The average Bonchev–Trinajstić information content (AvgIpc) is 3.51. The predicted octanol–water partition coefficient (Wildman–Crippen LogP) is 4.03. The number of benzene rings is 2. The van der Waals surface area contributed by atoms with Gasteiger partial charge in [0, 0.05) is 11.4 Å². The molecule has 2 aromatic carbocycles. The van der Waals surface area contributed by atoms with Crippen molar-refractivity contribution in [2.24, 2.45) is 5.10 Å². The van der Waals surface area contributed by atoms with Crippen LogP contribution in [0.2, 0.25) is 5.02 Å². The second kappa shape index (κ2) is 8.55. The number of furan rings is 1. The summed E-state index contributed by atoms with van der Waals surface area (Å²) in [6, 6.07) is 15.5. The van der Waals surface area contributed by atoms with Gasteiger partial charge in [-0.1, -0.05) is 11.6 Å². The molecule has 0 N–H and O–H groups in total. The number of methoxy groups -OCH3 is 1. The molecule has 3 heterocycles. The van der Waals surface area contributed by atoms with Crippen molar-refractivity contribution in [1.29, 1.82) is 0 Å². The van der Waals surface area contributed by atoms with Gasteiger partial charge in [-0.15, -0.1) is 0 Å². The van der Waals surface area contributed by atoms with Gasteiger partial charge >= 0.3 is 0 Å². The Morgan fingerprint density at radius 1 is 1.21 bits per heavy atom. The van der Waals surface area contributed by atoms with E-state index in [1.165, 1.54) is 15.9 Å². The van der Waals surface area contributed by atoms with E-state index < -0.39 is 6.04 Å². The van der Waals surface area contributed by atoms with E-state index in [9.17, 15) is 9.59 Å². The lowest BCUT2D eigenvalue weighted by atomic mass is 10.0. The molecule has 0 radical (unpaired) electrons. The molecule has 2 aromatic heterocycles. The first-order valence-electron chi connectivity index (χ1n) is 10.3. The first kappa shape index (κ1) is 21.0. The average molecular weight is 463 g/mol. The Kier molecular flexibility index (Phi) is 5.43. The molecule has 1 aliphatic rings. The van der Waals surface area contributed by atoms with Crippen LogP contribution in [0.1, 0.15) is 23.8 Å². The number of halogens is 1. The number of aromatic nitrogens is 2. The minimum absolute atomic E-state index is 0.217. The summed E-state index contributed by atoms with van der Waals surface area (Å²) >= 11 is 6.03. The van der Waals surface area contributed by atoms with Crippen LogP contribution in [-0.2, 0) is 11.3 Å². The number of carbonyl (C=O) groups is 1. The zero-order chi connectivity index (χ0) is 22.9. The normalized spacial score (nSPS) is 15.6. The highest BCUT2D eigenvalue weighted by atomic mass is 35.5. The molecule has 33 heavy (non-hydrogen) atoms. The number of ether oxygens (including phenoxy) is 1. The fourth-order valence-electron chi connectivity index (χ4n) is 3.86. The molecule has 1 aliphatic heterocycles. The van der Waals surface area contributed by atoms with Gasteiger partial charge in [0.2, 0.25) is 0 Å². The molecular weight excluding hydrogens is 444 g/mol. The number of amides is 1. The Balaban J connectivity index is 1.47. The summed E-state index contributed by atoms with van der Waals surface area (Å²) in [6.45, 7) is -0.217. The summed E-state index contributed by atoms with van der Waals surface area (Å²) in [5.74, 6) is 0.993. The molecule has 4 aromatic rings. The van der Waals surface area contributed by atoms with Crippen molar-refractivity contribution in [2.75, 3.05) is 7.11 Å². The Morgan fingerprint density at radius 2 is 2.03 bits per heavy atom. The summed E-state index contributed by atoms with van der Waals surface area (Å²) in [5.41, 5.74) is 1.79. The molecule has 1 amide bonds. The molecule has 0 spiro atoms. The van der Waals surface area contributed by atoms with Crippen LogP contribution in [-0.4, -0.2) is 33.3 Å². The lowest BCUT2D eigenvalue weighted by Gasteiger charge is -2.20. The standard InChI is InChI=1S/C24H19ClN4O4/c1-32-17-7-4-15(5-8-17)20-12-21(22-3-2-10-33-22)29(27-20)23(30)13-28-14-26-19-9-6-16(25)11-18(19)24(28)31/h2-11,14,21H,12-13H2,1H3. The lowest BCUT2D eigenvalue weighted by Crippen LogP contribution is -2.34. The van der Waals surface area contributed by atoms with Crippen molar-refractivity contribution in [3.05, 3.63) is 93.9 Å². The third kappa shape index (κ3) is 4.01. The Hall–Kier alpha value is -3.91. The summed E-state index contributed by atoms with van der Waals surface area (Å²) in [7, 11) is 1.60. The second-order valence-electron chi connectivity index (χ2n) is 7.59. The molecule has 8 nitrogen and oxygen atoms in total. The van der Waals surface area contributed by atoms with E-state index in [4.69, 9.17) is 20.8 Å². The number of hydrazone groups is 1. The van der Waals surface area contributed by atoms with Gasteiger partial charge in [-0.3, -0.25) is 14.2 Å². The van der Waals surface area contributed by atoms with Crippen LogP contribution in [0.15, 0.2) is 81.5 Å². The monoisotopic (exact) mass is 462 g/mol. The van der Waals surface area contributed by atoms with Crippen molar-refractivity contribution in [1.82, 2.24) is 14.6 Å². The maximum Gasteiger partial charge on any atom is 0.263 e. The van der Waals surface area contributed by atoms with Gasteiger partial charge in [-0.2, -0.15) is 5.10 Å². The molecule has 0 bridgehead atoms. The quantitative estimate of drug-likeness (QED) is 0.446. The minimum atomic E-state index is -0.414. The zero-order valence-corrected chi connectivity index (χ0v) is 18.4. The predicted molar refractivity (Wildman–Crippen MR) is 123 cm³/mol. The number of hydrogen-bond donors (Lipinski definition) is 0. The molecule has 166 valence electrons. The van der Waals surface area contributed by atoms with E-state index in [1.54, 1.807) is 37.6 Å². The molecular formula is C24H19ClN4O4. The molecule has 5 rings (SSSR count). The number of carbonyl (C=O) groups excluding carboxylic acids is 1. The van der Waals surface area contributed by atoms with Gasteiger partial charge in [0.1, 0.15) is 24.1 Å². The fraction of sp³-hybridized carbons (Fsp3) is 0.167. The highest BCUT2D eigenvalue weighted by molar-refractivity contribution is 6.31. The van der Waals surface area contributed by atoms with Crippen molar-refractivity contribution >= 4 is 34.1 Å². The highest BCUT2D eigenvalue weighted by Crippen LogP contribution is 2.33. The topological polar surface area (TPSA) is 89.9 Å². The molecule has 0 saturated carbocycles. The summed E-state index contributed by atoms with van der Waals surface area (Å²) in [5, 5.41) is 6.76. The van der Waals surface area contributed by atoms with Crippen molar-refractivity contribution in [2.45, 2.75) is 19.0 Å². The fourth-order valence-corrected chi connectivity index (χ4v) is 4.03. The van der Waals surface area contributed by atoms with Crippen LogP contribution in [0.3, 0.4) is 0 Å². The first-order valence-corrected chi connectivity index (χ1v) is 10.6. The number of rotatable bonds is 5. The van der Waals surface area contributed by atoms with E-state index >= 15 is 0 Å². The van der Waals surface area contributed by atoms with Gasteiger partial charge < -0.3 is 9.15 Å². The summed E-state index contributed by atoms with van der Waals surface area (Å²) in [6.07, 6.45) is 3.40. The van der Waals surface area contributed by atoms with Crippen LogP contribution in [0.5, 0.6) is 5.75 Å². The van der Waals surface area contributed by atoms with Crippen molar-refractivity contribution < 1.29 is 13.9 Å². The summed E-state index contributed by atoms with van der Waals surface area (Å²) < 4.78 is 12.1. The third-order valence-electron chi connectivity index (χ3n) is 5.55. The largest absolute Gasteiger partial charge is 0.497 e. The molecule has 0 saturated heterocycles. The number of hydrogen-bond acceptors (Lipinski definition) is 6. The maximum absolute atomic E-state index is 13.3. The zero-order valence-electron chi connectivity index (χ0n) is 17.6. The number of fused-ring (bicyclic) bond motifs is 1. The lowest BCUT2D eigenvalue weighted by molar-refractivity contribution is -0.134. The molecule has 9 heteroatoms.